The number of nitrogens with two attached hydrogens (primary N) is 1. The molecule has 78 valence electrons. The number of halogens is 1. The van der Waals surface area contributed by atoms with Crippen molar-refractivity contribution in [1.29, 1.82) is 0 Å². The summed E-state index contributed by atoms with van der Waals surface area (Å²) >= 11 is 0. The van der Waals surface area contributed by atoms with Gasteiger partial charge in [0.25, 0.3) is 5.91 Å². The maximum atomic E-state index is 11.3. The van der Waals surface area contributed by atoms with Crippen LogP contribution >= 0.6 is 12.4 Å². The Kier molecular flexibility index (Phi) is 7.66. The standard InChI is InChI=1S/C8H16N2O2.ClH/c1-4-7(9)6(5-11)8(12)10(2)3;/h11H,4-5,9H2,1-3H3;1H. The van der Waals surface area contributed by atoms with Gasteiger partial charge in [-0.05, 0) is 6.42 Å². The molecule has 0 aliphatic heterocycles. The van der Waals surface area contributed by atoms with E-state index in [1.807, 2.05) is 6.92 Å². The quantitative estimate of drug-likeness (QED) is 0.648. The number of amides is 1. The Labute approximate surface area is 84.8 Å². The summed E-state index contributed by atoms with van der Waals surface area (Å²) in [6.45, 7) is 1.55. The average Bonchev–Trinajstić information content (AvgIpc) is 2.05. The average molecular weight is 209 g/mol. The third kappa shape index (κ3) is 4.15. The summed E-state index contributed by atoms with van der Waals surface area (Å²) in [5, 5.41) is 8.86. The van der Waals surface area contributed by atoms with E-state index in [0.717, 1.165) is 0 Å². The van der Waals surface area contributed by atoms with Crippen molar-refractivity contribution < 1.29 is 9.90 Å². The predicted molar refractivity (Wildman–Crippen MR) is 54.5 cm³/mol. The first kappa shape index (κ1) is 14.8. The largest absolute Gasteiger partial charge is 0.402 e. The van der Waals surface area contributed by atoms with Crippen LogP contribution in [0.25, 0.3) is 0 Å². The summed E-state index contributed by atoms with van der Waals surface area (Å²) in [5.74, 6) is -0.225. The van der Waals surface area contributed by atoms with Crippen molar-refractivity contribution in [3.05, 3.63) is 11.3 Å². The molecule has 0 saturated carbocycles. The van der Waals surface area contributed by atoms with Gasteiger partial charge < -0.3 is 15.7 Å². The monoisotopic (exact) mass is 208 g/mol. The Hall–Kier alpha value is -0.740. The molecule has 13 heavy (non-hydrogen) atoms. The van der Waals surface area contributed by atoms with Gasteiger partial charge in [0.2, 0.25) is 0 Å². The van der Waals surface area contributed by atoms with Gasteiger partial charge in [0, 0.05) is 19.8 Å². The maximum absolute atomic E-state index is 11.3. The van der Waals surface area contributed by atoms with Crippen LogP contribution < -0.4 is 5.73 Å². The first-order valence-corrected chi connectivity index (χ1v) is 3.84. The SMILES string of the molecule is CCC(N)=C(CO)C(=O)N(C)C.Cl. The first-order chi connectivity index (χ1) is 5.54. The summed E-state index contributed by atoms with van der Waals surface area (Å²) in [6.07, 6.45) is 0.579. The summed E-state index contributed by atoms with van der Waals surface area (Å²) < 4.78 is 0. The maximum Gasteiger partial charge on any atom is 0.253 e. The van der Waals surface area contributed by atoms with E-state index < -0.39 is 0 Å². The molecule has 1 amide bonds. The fourth-order valence-electron chi connectivity index (χ4n) is 0.790. The Morgan fingerprint density at radius 3 is 2.15 bits per heavy atom. The molecule has 0 saturated heterocycles. The minimum Gasteiger partial charge on any atom is -0.402 e. The lowest BCUT2D eigenvalue weighted by Crippen LogP contribution is -2.27. The van der Waals surface area contributed by atoms with E-state index in [1.165, 1.54) is 4.90 Å². The number of carbonyl (C=O) groups excluding carboxylic acids is 1. The zero-order valence-corrected chi connectivity index (χ0v) is 9.02. The van der Waals surface area contributed by atoms with Crippen LogP contribution in [0.2, 0.25) is 0 Å². The van der Waals surface area contributed by atoms with Gasteiger partial charge >= 0.3 is 0 Å². The molecular formula is C8H17ClN2O2. The van der Waals surface area contributed by atoms with Crippen LogP contribution in [0.4, 0.5) is 0 Å². The molecule has 4 nitrogen and oxygen atoms in total. The van der Waals surface area contributed by atoms with E-state index >= 15 is 0 Å². The zero-order chi connectivity index (χ0) is 9.72. The predicted octanol–water partition coefficient (Wildman–Crippen LogP) is 0.112. The molecule has 0 bridgehead atoms. The smallest absolute Gasteiger partial charge is 0.253 e. The van der Waals surface area contributed by atoms with Crippen molar-refractivity contribution in [3.8, 4) is 0 Å². The fourth-order valence-corrected chi connectivity index (χ4v) is 0.790. The lowest BCUT2D eigenvalue weighted by Gasteiger charge is -2.13. The van der Waals surface area contributed by atoms with Crippen LogP contribution in [0.1, 0.15) is 13.3 Å². The van der Waals surface area contributed by atoms with E-state index in [-0.39, 0.29) is 24.9 Å². The third-order valence-corrected chi connectivity index (χ3v) is 1.59. The fraction of sp³-hybridized carbons (Fsp3) is 0.625. The second-order valence-electron chi connectivity index (χ2n) is 2.72. The van der Waals surface area contributed by atoms with Crippen molar-refractivity contribution in [2.75, 3.05) is 20.7 Å². The molecule has 0 atom stereocenters. The number of aliphatic hydroxyl groups excluding tert-OH is 1. The summed E-state index contributed by atoms with van der Waals surface area (Å²) in [5.41, 5.74) is 6.29. The lowest BCUT2D eigenvalue weighted by molar-refractivity contribution is -0.125. The molecule has 0 aliphatic carbocycles. The van der Waals surface area contributed by atoms with Crippen LogP contribution in [0, 0.1) is 0 Å². The second-order valence-corrected chi connectivity index (χ2v) is 2.72. The van der Waals surface area contributed by atoms with Gasteiger partial charge in [-0.25, -0.2) is 0 Å². The molecule has 0 aliphatic rings. The highest BCUT2D eigenvalue weighted by atomic mass is 35.5. The molecule has 0 spiro atoms. The van der Waals surface area contributed by atoms with Gasteiger partial charge in [-0.15, -0.1) is 12.4 Å². The van der Waals surface area contributed by atoms with Gasteiger partial charge in [-0.2, -0.15) is 0 Å². The van der Waals surface area contributed by atoms with Crippen LogP contribution in [0.15, 0.2) is 11.3 Å². The van der Waals surface area contributed by atoms with Crippen molar-refractivity contribution in [1.82, 2.24) is 4.90 Å². The molecule has 0 aromatic heterocycles. The van der Waals surface area contributed by atoms with Gasteiger partial charge in [0.15, 0.2) is 0 Å². The van der Waals surface area contributed by atoms with Gasteiger partial charge in [-0.1, -0.05) is 6.92 Å². The molecule has 0 aromatic rings. The van der Waals surface area contributed by atoms with Crippen LogP contribution in [0.5, 0.6) is 0 Å². The van der Waals surface area contributed by atoms with E-state index in [4.69, 9.17) is 10.8 Å². The van der Waals surface area contributed by atoms with Gasteiger partial charge in [0.1, 0.15) is 0 Å². The summed E-state index contributed by atoms with van der Waals surface area (Å²) in [6, 6.07) is 0. The van der Waals surface area contributed by atoms with E-state index in [1.54, 1.807) is 14.1 Å². The molecule has 0 aromatic carbocycles. The summed E-state index contributed by atoms with van der Waals surface area (Å²) in [7, 11) is 3.25. The molecule has 0 radical (unpaired) electrons. The Morgan fingerprint density at radius 1 is 1.46 bits per heavy atom. The van der Waals surface area contributed by atoms with Crippen molar-refractivity contribution in [2.24, 2.45) is 5.73 Å². The minimum absolute atomic E-state index is 0. The first-order valence-electron chi connectivity index (χ1n) is 3.84. The highest BCUT2D eigenvalue weighted by Gasteiger charge is 2.13. The van der Waals surface area contributed by atoms with Gasteiger partial charge in [0.05, 0.1) is 12.2 Å². The van der Waals surface area contributed by atoms with Crippen molar-refractivity contribution in [2.45, 2.75) is 13.3 Å². The molecule has 3 N–H and O–H groups in total. The highest BCUT2D eigenvalue weighted by Crippen LogP contribution is 2.04. The Balaban J connectivity index is 0. The molecule has 0 fully saturated rings. The topological polar surface area (TPSA) is 66.6 Å². The van der Waals surface area contributed by atoms with Crippen LogP contribution in [0.3, 0.4) is 0 Å². The minimum atomic E-state index is -0.295. The Bertz CT molecular complexity index is 202. The molecular weight excluding hydrogens is 192 g/mol. The Morgan fingerprint density at radius 2 is 1.92 bits per heavy atom. The number of likely N-dealkylation sites (N-methyl/N-ethyl adjacent to an activating group) is 1. The number of allylic oxidation sites excluding steroid dienone is 1. The van der Waals surface area contributed by atoms with Crippen LogP contribution in [-0.4, -0.2) is 36.6 Å². The number of hydrogen-bond acceptors (Lipinski definition) is 3. The number of hydrogen-bond donors (Lipinski definition) is 2. The van der Waals surface area contributed by atoms with E-state index in [0.29, 0.717) is 17.7 Å². The summed E-state index contributed by atoms with van der Waals surface area (Å²) in [4.78, 5) is 12.7. The third-order valence-electron chi connectivity index (χ3n) is 1.59. The second kappa shape index (κ2) is 6.74. The number of aliphatic hydroxyl groups is 1. The lowest BCUT2D eigenvalue weighted by atomic mass is 10.1. The zero-order valence-electron chi connectivity index (χ0n) is 8.20. The number of nitrogens with zero attached hydrogens (tertiary/aromatic N) is 1. The van der Waals surface area contributed by atoms with E-state index in [9.17, 15) is 4.79 Å². The molecule has 0 rings (SSSR count). The molecule has 5 heteroatoms. The molecule has 0 unspecified atom stereocenters. The van der Waals surface area contributed by atoms with Gasteiger partial charge in [-0.3, -0.25) is 4.79 Å². The highest BCUT2D eigenvalue weighted by molar-refractivity contribution is 5.93. The molecule has 0 heterocycles. The van der Waals surface area contributed by atoms with Crippen molar-refractivity contribution in [3.63, 3.8) is 0 Å². The normalized spacial score (nSPS) is 11.4. The van der Waals surface area contributed by atoms with E-state index in [2.05, 4.69) is 0 Å². The van der Waals surface area contributed by atoms with Crippen molar-refractivity contribution >= 4 is 18.3 Å². The van der Waals surface area contributed by atoms with Crippen LogP contribution in [-0.2, 0) is 4.79 Å². The number of rotatable bonds is 3. The number of carbonyl (C=O) groups is 1.